The van der Waals surface area contributed by atoms with Crippen molar-refractivity contribution in [3.05, 3.63) is 88.1 Å². The average Bonchev–Trinajstić information content (AvgIpc) is 3.34. The summed E-state index contributed by atoms with van der Waals surface area (Å²) < 4.78 is 1.58. The molecule has 2 aromatic heterocycles. The van der Waals surface area contributed by atoms with E-state index >= 15 is 0 Å². The first-order valence-corrected chi connectivity index (χ1v) is 11.0. The van der Waals surface area contributed by atoms with Gasteiger partial charge in [-0.3, -0.25) is 14.7 Å². The minimum atomic E-state index is -0.435. The molecule has 1 saturated heterocycles. The lowest BCUT2D eigenvalue weighted by Crippen LogP contribution is -2.29. The smallest absolute Gasteiger partial charge is 0.308 e. The van der Waals surface area contributed by atoms with Gasteiger partial charge in [-0.25, -0.2) is 14.8 Å². The van der Waals surface area contributed by atoms with Crippen molar-refractivity contribution < 1.29 is 4.79 Å². The molecule has 9 heteroatoms. The van der Waals surface area contributed by atoms with Crippen LogP contribution < -0.4 is 21.5 Å². The van der Waals surface area contributed by atoms with Gasteiger partial charge in [0, 0.05) is 11.9 Å². The highest BCUT2D eigenvalue weighted by atomic mass is 35.5. The summed E-state index contributed by atoms with van der Waals surface area (Å²) in [5.41, 5.74) is 1.44. The number of nitrogens with zero attached hydrogens (tertiary/aromatic N) is 3. The van der Waals surface area contributed by atoms with Crippen LogP contribution >= 0.6 is 11.6 Å². The van der Waals surface area contributed by atoms with Gasteiger partial charge < -0.3 is 10.6 Å². The van der Waals surface area contributed by atoms with Crippen LogP contribution in [0, 0.1) is 0 Å². The third-order valence-corrected chi connectivity index (χ3v) is 5.83. The van der Waals surface area contributed by atoms with E-state index < -0.39 is 6.03 Å². The van der Waals surface area contributed by atoms with Crippen molar-refractivity contribution in [1.82, 2.24) is 19.9 Å². The van der Waals surface area contributed by atoms with Gasteiger partial charge in [0.1, 0.15) is 11.6 Å². The lowest BCUT2D eigenvalue weighted by atomic mass is 10.1. The van der Waals surface area contributed by atoms with E-state index in [4.69, 9.17) is 16.6 Å². The lowest BCUT2D eigenvalue weighted by molar-refractivity contribution is 0.262. The molecule has 3 N–H and O–H groups in total. The maximum atomic E-state index is 13.6. The van der Waals surface area contributed by atoms with E-state index in [2.05, 4.69) is 20.9 Å². The van der Waals surface area contributed by atoms with Crippen LogP contribution in [-0.2, 0) is 0 Å². The first-order chi connectivity index (χ1) is 16.1. The molecule has 166 valence electrons. The molecule has 33 heavy (non-hydrogen) atoms. The minimum Gasteiger partial charge on any atom is -0.308 e. The van der Waals surface area contributed by atoms with E-state index in [1.165, 1.54) is 0 Å². The van der Waals surface area contributed by atoms with Crippen LogP contribution in [0.1, 0.15) is 24.7 Å². The highest BCUT2D eigenvalue weighted by Gasteiger charge is 2.24. The number of halogens is 1. The van der Waals surface area contributed by atoms with Crippen molar-refractivity contribution in [3.63, 3.8) is 0 Å². The monoisotopic (exact) mass is 460 g/mol. The van der Waals surface area contributed by atoms with Crippen molar-refractivity contribution in [1.29, 1.82) is 0 Å². The van der Waals surface area contributed by atoms with E-state index in [0.717, 1.165) is 19.4 Å². The molecule has 0 saturated carbocycles. The van der Waals surface area contributed by atoms with Crippen molar-refractivity contribution in [2.45, 2.75) is 18.9 Å². The predicted molar refractivity (Wildman–Crippen MR) is 129 cm³/mol. The number of carbonyl (C=O) groups is 1. The van der Waals surface area contributed by atoms with Crippen LogP contribution in [0.15, 0.2) is 71.7 Å². The van der Waals surface area contributed by atoms with Crippen molar-refractivity contribution in [2.24, 2.45) is 0 Å². The zero-order valence-electron chi connectivity index (χ0n) is 17.6. The number of fused-ring (bicyclic) bond motifs is 1. The van der Waals surface area contributed by atoms with E-state index in [-0.39, 0.29) is 11.6 Å². The summed E-state index contributed by atoms with van der Waals surface area (Å²) in [6, 6.07) is 17.1. The van der Waals surface area contributed by atoms with Crippen LogP contribution in [0.4, 0.5) is 16.3 Å². The molecule has 1 atom stereocenters. The summed E-state index contributed by atoms with van der Waals surface area (Å²) in [6.45, 7) is 0.864. The Hall–Kier alpha value is -3.75. The van der Waals surface area contributed by atoms with Gasteiger partial charge in [0.15, 0.2) is 0 Å². The molecule has 1 aliphatic rings. The number of amides is 2. The van der Waals surface area contributed by atoms with Gasteiger partial charge in [0.05, 0.1) is 27.7 Å². The van der Waals surface area contributed by atoms with Gasteiger partial charge in [-0.1, -0.05) is 29.8 Å². The third kappa shape index (κ3) is 4.30. The lowest BCUT2D eigenvalue weighted by Gasteiger charge is -2.19. The zero-order valence-corrected chi connectivity index (χ0v) is 18.3. The second-order valence-corrected chi connectivity index (χ2v) is 8.15. The number of carbonyl (C=O) groups excluding carboxylic acids is 1. The molecule has 0 radical (unpaired) electrons. The molecule has 3 heterocycles. The number of pyridine rings is 1. The SMILES string of the molecule is O=C(Nc1cccc(-n2c([C@@H]3CCCN3)nc3cccc(Cl)c3c2=O)c1)Nc1ccccn1. The second kappa shape index (κ2) is 9.01. The number of aromatic nitrogens is 3. The average molecular weight is 461 g/mol. The Morgan fingerprint density at radius 2 is 1.97 bits per heavy atom. The number of anilines is 2. The maximum absolute atomic E-state index is 13.6. The summed E-state index contributed by atoms with van der Waals surface area (Å²) in [4.78, 5) is 34.9. The largest absolute Gasteiger partial charge is 0.324 e. The zero-order chi connectivity index (χ0) is 22.8. The third-order valence-electron chi connectivity index (χ3n) is 5.51. The van der Waals surface area contributed by atoms with Crippen LogP contribution in [0.2, 0.25) is 5.02 Å². The number of hydrogen-bond acceptors (Lipinski definition) is 5. The van der Waals surface area contributed by atoms with Crippen LogP contribution in [0.25, 0.3) is 16.6 Å². The molecule has 1 fully saturated rings. The fraction of sp³-hybridized carbons (Fsp3) is 0.167. The normalized spacial score (nSPS) is 15.5. The molecular weight excluding hydrogens is 440 g/mol. The van der Waals surface area contributed by atoms with Gasteiger partial charge in [-0.2, -0.15) is 0 Å². The summed E-state index contributed by atoms with van der Waals surface area (Å²) in [5, 5.41) is 9.61. The summed E-state index contributed by atoms with van der Waals surface area (Å²) in [7, 11) is 0. The number of nitrogens with one attached hydrogen (secondary N) is 3. The van der Waals surface area contributed by atoms with E-state index in [1.54, 1.807) is 65.4 Å². The van der Waals surface area contributed by atoms with E-state index in [1.807, 2.05) is 6.07 Å². The Bertz CT molecular complexity index is 1380. The molecular formula is C24H21ClN6O2. The molecule has 8 nitrogen and oxygen atoms in total. The quantitative estimate of drug-likeness (QED) is 0.416. The Morgan fingerprint density at radius 3 is 2.76 bits per heavy atom. The van der Waals surface area contributed by atoms with Crippen molar-refractivity contribution >= 4 is 40.0 Å². The first kappa shape index (κ1) is 21.1. The maximum Gasteiger partial charge on any atom is 0.324 e. The molecule has 4 aromatic rings. The molecule has 0 spiro atoms. The molecule has 5 rings (SSSR count). The Balaban J connectivity index is 1.55. The Labute approximate surface area is 194 Å². The number of rotatable bonds is 4. The molecule has 0 aliphatic carbocycles. The standard InChI is InChI=1S/C24H21ClN6O2/c25-17-8-4-9-18-21(17)23(32)31(22(29-18)19-10-5-13-26-19)16-7-3-6-15(14-16)28-24(33)30-20-11-1-2-12-27-20/h1-4,6-9,11-12,14,19,26H,5,10,13H2,(H2,27,28,30,33)/t19-/m0/s1. The Morgan fingerprint density at radius 1 is 1.09 bits per heavy atom. The van der Waals surface area contributed by atoms with Gasteiger partial charge in [0.2, 0.25) is 0 Å². The topological polar surface area (TPSA) is 101 Å². The first-order valence-electron chi connectivity index (χ1n) is 10.6. The van der Waals surface area contributed by atoms with Crippen molar-refractivity contribution in [3.8, 4) is 5.69 Å². The second-order valence-electron chi connectivity index (χ2n) is 7.74. The van der Waals surface area contributed by atoms with Crippen LogP contribution in [-0.4, -0.2) is 27.1 Å². The van der Waals surface area contributed by atoms with Crippen molar-refractivity contribution in [2.75, 3.05) is 17.2 Å². The predicted octanol–water partition coefficient (Wildman–Crippen LogP) is 4.50. The molecule has 1 aliphatic heterocycles. The summed E-state index contributed by atoms with van der Waals surface area (Å²) in [6.07, 6.45) is 3.48. The molecule has 0 unspecified atom stereocenters. The van der Waals surface area contributed by atoms with Gasteiger partial charge in [-0.15, -0.1) is 0 Å². The number of hydrogen-bond donors (Lipinski definition) is 3. The highest BCUT2D eigenvalue weighted by Crippen LogP contribution is 2.27. The van der Waals surface area contributed by atoms with Gasteiger partial charge in [0.25, 0.3) is 5.56 Å². The number of urea groups is 1. The fourth-order valence-corrected chi connectivity index (χ4v) is 4.28. The summed E-state index contributed by atoms with van der Waals surface area (Å²) >= 11 is 6.37. The molecule has 0 bridgehead atoms. The minimum absolute atomic E-state index is 0.0508. The summed E-state index contributed by atoms with van der Waals surface area (Å²) in [5.74, 6) is 1.06. The Kier molecular flexibility index (Phi) is 5.77. The van der Waals surface area contributed by atoms with Gasteiger partial charge >= 0.3 is 6.03 Å². The van der Waals surface area contributed by atoms with E-state index in [9.17, 15) is 9.59 Å². The highest BCUT2D eigenvalue weighted by molar-refractivity contribution is 6.35. The van der Waals surface area contributed by atoms with Crippen LogP contribution in [0.5, 0.6) is 0 Å². The molecule has 2 aromatic carbocycles. The molecule has 2 amide bonds. The van der Waals surface area contributed by atoms with Crippen LogP contribution in [0.3, 0.4) is 0 Å². The van der Waals surface area contributed by atoms with Gasteiger partial charge in [-0.05, 0) is 61.9 Å². The van der Waals surface area contributed by atoms with E-state index in [0.29, 0.717) is 38.9 Å². The fourth-order valence-electron chi connectivity index (χ4n) is 4.03. The number of benzene rings is 2.